The molecule has 5 nitrogen and oxygen atoms in total. The van der Waals surface area contributed by atoms with Crippen molar-refractivity contribution in [2.75, 3.05) is 19.6 Å². The number of likely N-dealkylation sites (tertiary alicyclic amines) is 1. The Bertz CT molecular complexity index is 920. The third kappa shape index (κ3) is 4.90. The number of nitrogens with zero attached hydrogens (tertiary/aromatic N) is 1. The van der Waals surface area contributed by atoms with Gasteiger partial charge in [0.15, 0.2) is 0 Å². The summed E-state index contributed by atoms with van der Waals surface area (Å²) in [4.78, 5) is 13.2. The van der Waals surface area contributed by atoms with Crippen molar-refractivity contribution in [2.24, 2.45) is 5.92 Å². The van der Waals surface area contributed by atoms with Gasteiger partial charge < -0.3 is 4.90 Å². The molecule has 144 valence electrons. The molecule has 1 N–H and O–H groups in total. The van der Waals surface area contributed by atoms with Gasteiger partial charge in [-0.3, -0.25) is 4.79 Å². The van der Waals surface area contributed by atoms with Gasteiger partial charge in [0.25, 0.3) is 0 Å². The molecule has 1 amide bonds. The lowest BCUT2D eigenvalue weighted by atomic mass is 10.1. The van der Waals surface area contributed by atoms with E-state index in [1.807, 2.05) is 30.3 Å². The van der Waals surface area contributed by atoms with Crippen LogP contribution in [0.25, 0.3) is 0 Å². The summed E-state index contributed by atoms with van der Waals surface area (Å²) in [5.41, 5.74) is 1.13. The number of amides is 1. The average Bonchev–Trinajstić information content (AvgIpc) is 2.99. The number of rotatable bonds is 7. The van der Waals surface area contributed by atoms with Crippen LogP contribution in [0.3, 0.4) is 0 Å². The fourth-order valence-corrected chi connectivity index (χ4v) is 4.29. The first-order valence-electron chi connectivity index (χ1n) is 8.61. The highest BCUT2D eigenvalue weighted by atomic mass is 32.2. The van der Waals surface area contributed by atoms with E-state index < -0.39 is 26.6 Å². The van der Waals surface area contributed by atoms with Gasteiger partial charge in [-0.15, -0.1) is 0 Å². The molecule has 0 saturated carbocycles. The van der Waals surface area contributed by atoms with Gasteiger partial charge in [0, 0.05) is 32.1 Å². The molecule has 1 heterocycles. The first kappa shape index (κ1) is 19.4. The first-order valence-corrected chi connectivity index (χ1v) is 10.1. The Morgan fingerprint density at radius 2 is 1.85 bits per heavy atom. The molecule has 1 aliphatic heterocycles. The first-order chi connectivity index (χ1) is 12.8. The maximum Gasteiger partial charge on any atom is 0.243 e. The lowest BCUT2D eigenvalue weighted by molar-refractivity contribution is -0.127. The molecule has 0 aliphatic carbocycles. The summed E-state index contributed by atoms with van der Waals surface area (Å²) in [5.74, 6) is -2.20. The molecule has 2 aromatic rings. The number of carbonyl (C=O) groups excluding carboxylic acids is 1. The Morgan fingerprint density at radius 1 is 1.11 bits per heavy atom. The number of sulfonamides is 1. The molecule has 0 unspecified atom stereocenters. The van der Waals surface area contributed by atoms with Gasteiger partial charge >= 0.3 is 0 Å². The van der Waals surface area contributed by atoms with E-state index in [-0.39, 0.29) is 24.8 Å². The van der Waals surface area contributed by atoms with Crippen molar-refractivity contribution in [1.29, 1.82) is 0 Å². The molecular weight excluding hydrogens is 374 g/mol. The minimum Gasteiger partial charge on any atom is -0.342 e. The predicted molar refractivity (Wildman–Crippen MR) is 96.4 cm³/mol. The van der Waals surface area contributed by atoms with E-state index in [4.69, 9.17) is 0 Å². The predicted octanol–water partition coefficient (Wildman–Crippen LogP) is 2.33. The number of benzene rings is 2. The number of nitrogens with one attached hydrogen (secondary N) is 1. The summed E-state index contributed by atoms with van der Waals surface area (Å²) < 4.78 is 53.4. The van der Waals surface area contributed by atoms with Crippen molar-refractivity contribution < 1.29 is 22.0 Å². The highest BCUT2D eigenvalue weighted by Gasteiger charge is 2.30. The summed E-state index contributed by atoms with van der Waals surface area (Å²) in [6.07, 6.45) is 0.967. The normalized spacial score (nSPS) is 17.5. The van der Waals surface area contributed by atoms with Crippen LogP contribution in [0, 0.1) is 17.6 Å². The van der Waals surface area contributed by atoms with E-state index in [1.54, 1.807) is 4.90 Å². The number of hydrogen-bond acceptors (Lipinski definition) is 3. The van der Waals surface area contributed by atoms with Gasteiger partial charge in [-0.05, 0) is 30.0 Å². The number of hydrogen-bond donors (Lipinski definition) is 1. The molecule has 8 heteroatoms. The van der Waals surface area contributed by atoms with Gasteiger partial charge in [-0.25, -0.2) is 21.9 Å². The van der Waals surface area contributed by atoms with Crippen molar-refractivity contribution in [3.05, 3.63) is 65.7 Å². The van der Waals surface area contributed by atoms with Crippen LogP contribution in [-0.4, -0.2) is 38.9 Å². The minimum atomic E-state index is -4.11. The monoisotopic (exact) mass is 394 g/mol. The summed E-state index contributed by atoms with van der Waals surface area (Å²) in [5, 5.41) is 0. The van der Waals surface area contributed by atoms with Crippen LogP contribution in [0.2, 0.25) is 0 Å². The molecule has 0 spiro atoms. The maximum absolute atomic E-state index is 13.7. The van der Waals surface area contributed by atoms with Crippen molar-refractivity contribution in [1.82, 2.24) is 9.62 Å². The second-order valence-electron chi connectivity index (χ2n) is 6.57. The lowest BCUT2D eigenvalue weighted by Gasteiger charge is -2.17. The van der Waals surface area contributed by atoms with Crippen LogP contribution in [0.5, 0.6) is 0 Å². The summed E-state index contributed by atoms with van der Waals surface area (Å²) >= 11 is 0. The smallest absolute Gasteiger partial charge is 0.243 e. The van der Waals surface area contributed by atoms with Gasteiger partial charge in [0.05, 0.1) is 0 Å². The third-order valence-corrected chi connectivity index (χ3v) is 6.01. The van der Waals surface area contributed by atoms with Crippen molar-refractivity contribution in [3.8, 4) is 0 Å². The maximum atomic E-state index is 13.7. The molecule has 27 heavy (non-hydrogen) atoms. The second-order valence-corrected chi connectivity index (χ2v) is 8.31. The molecular formula is C19H20F2N2O3S. The van der Waals surface area contributed by atoms with Gasteiger partial charge in [0.2, 0.25) is 15.9 Å². The minimum absolute atomic E-state index is 0.0206. The topological polar surface area (TPSA) is 66.5 Å². The Morgan fingerprint density at radius 3 is 2.56 bits per heavy atom. The van der Waals surface area contributed by atoms with Gasteiger partial charge in [0.1, 0.15) is 16.5 Å². The molecule has 1 atom stereocenters. The Balaban J connectivity index is 1.55. The van der Waals surface area contributed by atoms with E-state index in [0.717, 1.165) is 24.1 Å². The molecule has 1 saturated heterocycles. The molecule has 0 bridgehead atoms. The molecule has 1 fully saturated rings. The van der Waals surface area contributed by atoms with E-state index in [0.29, 0.717) is 19.2 Å². The van der Waals surface area contributed by atoms with E-state index >= 15 is 0 Å². The SMILES string of the molecule is O=C1C[C@H](CNS(=O)(=O)c2ccc(F)cc2F)CN1CCc1ccccc1. The van der Waals surface area contributed by atoms with E-state index in [9.17, 15) is 22.0 Å². The highest BCUT2D eigenvalue weighted by Crippen LogP contribution is 2.20. The van der Waals surface area contributed by atoms with Crippen molar-refractivity contribution >= 4 is 15.9 Å². The highest BCUT2D eigenvalue weighted by molar-refractivity contribution is 7.89. The van der Waals surface area contributed by atoms with Crippen LogP contribution < -0.4 is 4.72 Å². The van der Waals surface area contributed by atoms with Gasteiger partial charge in [-0.1, -0.05) is 30.3 Å². The van der Waals surface area contributed by atoms with E-state index in [1.165, 1.54) is 0 Å². The largest absolute Gasteiger partial charge is 0.342 e. The number of halogens is 2. The second kappa shape index (κ2) is 8.14. The zero-order valence-electron chi connectivity index (χ0n) is 14.6. The summed E-state index contributed by atoms with van der Waals surface area (Å²) in [6.45, 7) is 1.03. The van der Waals surface area contributed by atoms with E-state index in [2.05, 4.69) is 4.72 Å². The van der Waals surface area contributed by atoms with Crippen LogP contribution in [-0.2, 0) is 21.2 Å². The summed E-state index contributed by atoms with van der Waals surface area (Å²) in [7, 11) is -4.11. The van der Waals surface area contributed by atoms with Crippen LogP contribution >= 0.6 is 0 Å². The molecule has 1 aliphatic rings. The average molecular weight is 394 g/mol. The van der Waals surface area contributed by atoms with Crippen LogP contribution in [0.4, 0.5) is 8.78 Å². The summed E-state index contributed by atoms with van der Waals surface area (Å²) in [6, 6.07) is 12.1. The molecule has 0 radical (unpaired) electrons. The van der Waals surface area contributed by atoms with Crippen LogP contribution in [0.1, 0.15) is 12.0 Å². The number of carbonyl (C=O) groups is 1. The fraction of sp³-hybridized carbons (Fsp3) is 0.316. The third-order valence-electron chi connectivity index (χ3n) is 4.55. The van der Waals surface area contributed by atoms with Gasteiger partial charge in [-0.2, -0.15) is 0 Å². The molecule has 2 aromatic carbocycles. The zero-order valence-corrected chi connectivity index (χ0v) is 15.4. The molecule has 3 rings (SSSR count). The van der Waals surface area contributed by atoms with Crippen molar-refractivity contribution in [3.63, 3.8) is 0 Å². The Kier molecular flexibility index (Phi) is 5.86. The van der Waals surface area contributed by atoms with Crippen LogP contribution in [0.15, 0.2) is 53.4 Å². The lowest BCUT2D eigenvalue weighted by Crippen LogP contribution is -2.32. The van der Waals surface area contributed by atoms with Crippen molar-refractivity contribution in [2.45, 2.75) is 17.7 Å². The zero-order chi connectivity index (χ0) is 19.4. The quantitative estimate of drug-likeness (QED) is 0.784. The fourth-order valence-electron chi connectivity index (χ4n) is 3.11. The Hall–Kier alpha value is -2.32. The standard InChI is InChI=1S/C19H20F2N2O3S/c20-16-6-7-18(17(21)11-16)27(25,26)22-12-15-10-19(24)23(13-15)9-8-14-4-2-1-3-5-14/h1-7,11,15,22H,8-10,12-13H2/t15-/m1/s1. The Labute approximate surface area is 157 Å². The molecule has 0 aromatic heterocycles.